The summed E-state index contributed by atoms with van der Waals surface area (Å²) in [5.41, 5.74) is 7.32. The monoisotopic (exact) mass is 250 g/mol. The summed E-state index contributed by atoms with van der Waals surface area (Å²) in [4.78, 5) is 22.8. The first-order chi connectivity index (χ1) is 8.36. The molecule has 1 rings (SSSR count). The highest BCUT2D eigenvalue weighted by molar-refractivity contribution is 5.97. The molecule has 5 nitrogen and oxygen atoms in total. The summed E-state index contributed by atoms with van der Waals surface area (Å²) < 4.78 is 5.22. The first-order valence-corrected chi connectivity index (χ1v) is 5.62. The summed E-state index contributed by atoms with van der Waals surface area (Å²) in [6, 6.07) is 2.74. The Morgan fingerprint density at radius 1 is 1.28 bits per heavy atom. The predicted molar refractivity (Wildman–Crippen MR) is 68.6 cm³/mol. The van der Waals surface area contributed by atoms with Crippen molar-refractivity contribution in [2.24, 2.45) is 5.73 Å². The van der Waals surface area contributed by atoms with Gasteiger partial charge in [-0.25, -0.2) is 0 Å². The fraction of sp³-hybridized carbons (Fsp3) is 0.385. The maximum atomic E-state index is 11.9. The average Bonchev–Trinajstić information content (AvgIpc) is 2.28. The van der Waals surface area contributed by atoms with E-state index in [0.29, 0.717) is 5.56 Å². The molecule has 1 atom stereocenters. The molecule has 1 aromatic carbocycles. The lowest BCUT2D eigenvalue weighted by Crippen LogP contribution is -2.42. The van der Waals surface area contributed by atoms with E-state index in [9.17, 15) is 9.59 Å². The molecule has 5 heteroatoms. The number of nitrogens with two attached hydrogens (primary N) is 1. The first-order valence-electron chi connectivity index (χ1n) is 5.62. The van der Waals surface area contributed by atoms with E-state index in [1.54, 1.807) is 26.2 Å². The number of aryl methyl sites for hydroxylation is 2. The van der Waals surface area contributed by atoms with Crippen LogP contribution in [0, 0.1) is 13.8 Å². The second kappa shape index (κ2) is 5.53. The van der Waals surface area contributed by atoms with Crippen molar-refractivity contribution in [2.45, 2.75) is 26.8 Å². The minimum atomic E-state index is -0.694. The number of benzene rings is 1. The van der Waals surface area contributed by atoms with Gasteiger partial charge in [-0.15, -0.1) is 0 Å². The zero-order valence-corrected chi connectivity index (χ0v) is 11.0. The molecule has 0 heterocycles. The van der Waals surface area contributed by atoms with Gasteiger partial charge in [-0.3, -0.25) is 9.59 Å². The molecule has 0 aliphatic carbocycles. The summed E-state index contributed by atoms with van der Waals surface area (Å²) in [7, 11) is 1.59. The van der Waals surface area contributed by atoms with Gasteiger partial charge in [0.2, 0.25) is 5.91 Å². The van der Waals surface area contributed by atoms with Crippen LogP contribution in [0.4, 0.5) is 0 Å². The third kappa shape index (κ3) is 3.00. The number of nitrogens with one attached hydrogen (secondary N) is 1. The molecule has 0 fully saturated rings. The first kappa shape index (κ1) is 14.0. The largest absolute Gasteiger partial charge is 0.496 e. The SMILES string of the molecule is COc1c(C)cc(C(=O)N[C@@H](C)C(N)=O)cc1C. The van der Waals surface area contributed by atoms with Gasteiger partial charge >= 0.3 is 0 Å². The van der Waals surface area contributed by atoms with Crippen molar-refractivity contribution in [1.29, 1.82) is 0 Å². The quantitative estimate of drug-likeness (QED) is 0.833. The molecule has 0 aliphatic rings. The number of carbonyl (C=O) groups is 2. The van der Waals surface area contributed by atoms with E-state index in [1.807, 2.05) is 13.8 Å². The lowest BCUT2D eigenvalue weighted by atomic mass is 10.0. The van der Waals surface area contributed by atoms with Gasteiger partial charge in [-0.2, -0.15) is 0 Å². The molecule has 0 saturated carbocycles. The van der Waals surface area contributed by atoms with E-state index < -0.39 is 11.9 Å². The fourth-order valence-electron chi connectivity index (χ4n) is 1.75. The molecule has 2 amide bonds. The Balaban J connectivity index is 2.97. The highest BCUT2D eigenvalue weighted by Gasteiger charge is 2.15. The van der Waals surface area contributed by atoms with Gasteiger partial charge in [0, 0.05) is 5.56 Å². The normalized spacial score (nSPS) is 11.8. The second-order valence-electron chi connectivity index (χ2n) is 4.24. The molecule has 0 radical (unpaired) electrons. The van der Waals surface area contributed by atoms with Crippen LogP contribution in [-0.2, 0) is 4.79 Å². The molecule has 0 saturated heterocycles. The van der Waals surface area contributed by atoms with Gasteiger partial charge in [0.1, 0.15) is 11.8 Å². The Morgan fingerprint density at radius 3 is 2.17 bits per heavy atom. The maximum Gasteiger partial charge on any atom is 0.251 e. The average molecular weight is 250 g/mol. The summed E-state index contributed by atoms with van der Waals surface area (Å²) in [5.74, 6) is -0.130. The van der Waals surface area contributed by atoms with Crippen molar-refractivity contribution < 1.29 is 14.3 Å². The van der Waals surface area contributed by atoms with E-state index in [0.717, 1.165) is 16.9 Å². The van der Waals surface area contributed by atoms with Crippen LogP contribution in [0.5, 0.6) is 5.75 Å². The van der Waals surface area contributed by atoms with Crippen molar-refractivity contribution in [1.82, 2.24) is 5.32 Å². The number of carbonyl (C=O) groups excluding carboxylic acids is 2. The number of methoxy groups -OCH3 is 1. The summed E-state index contributed by atoms with van der Waals surface area (Å²) in [6.07, 6.45) is 0. The highest BCUT2D eigenvalue weighted by atomic mass is 16.5. The third-order valence-electron chi connectivity index (χ3n) is 2.70. The molecule has 0 aliphatic heterocycles. The van der Waals surface area contributed by atoms with Gasteiger partial charge in [0.05, 0.1) is 7.11 Å². The van der Waals surface area contributed by atoms with Crippen molar-refractivity contribution in [2.75, 3.05) is 7.11 Å². The summed E-state index contributed by atoms with van der Waals surface area (Å²) >= 11 is 0. The van der Waals surface area contributed by atoms with Crippen LogP contribution in [-0.4, -0.2) is 25.0 Å². The van der Waals surface area contributed by atoms with Gasteiger partial charge in [-0.1, -0.05) is 0 Å². The van der Waals surface area contributed by atoms with Crippen LogP contribution in [0.1, 0.15) is 28.4 Å². The molecular formula is C13H18N2O3. The standard InChI is InChI=1S/C13H18N2O3/c1-7-5-10(6-8(2)11(7)18-4)13(17)15-9(3)12(14)16/h5-6,9H,1-4H3,(H2,14,16)(H,15,17)/t9-/m0/s1. The molecular weight excluding hydrogens is 232 g/mol. The van der Waals surface area contributed by atoms with Crippen molar-refractivity contribution in [3.63, 3.8) is 0 Å². The van der Waals surface area contributed by atoms with Crippen molar-refractivity contribution >= 4 is 11.8 Å². The number of rotatable bonds is 4. The Kier molecular flexibility index (Phi) is 4.31. The maximum absolute atomic E-state index is 11.9. The predicted octanol–water partition coefficient (Wildman–Crippen LogP) is 0.916. The Labute approximate surface area is 106 Å². The van der Waals surface area contributed by atoms with Crippen LogP contribution in [0.15, 0.2) is 12.1 Å². The minimum absolute atomic E-state index is 0.324. The molecule has 98 valence electrons. The highest BCUT2D eigenvalue weighted by Crippen LogP contribution is 2.24. The lowest BCUT2D eigenvalue weighted by molar-refractivity contribution is -0.119. The molecule has 0 bridgehead atoms. The number of amides is 2. The van der Waals surface area contributed by atoms with E-state index in [2.05, 4.69) is 5.32 Å². The van der Waals surface area contributed by atoms with Crippen molar-refractivity contribution in [3.8, 4) is 5.75 Å². The topological polar surface area (TPSA) is 81.4 Å². The number of primary amides is 1. The van der Waals surface area contributed by atoms with E-state index in [4.69, 9.17) is 10.5 Å². The van der Waals surface area contributed by atoms with E-state index in [-0.39, 0.29) is 5.91 Å². The number of ether oxygens (including phenoxy) is 1. The summed E-state index contributed by atoms with van der Waals surface area (Å²) in [5, 5.41) is 2.53. The molecule has 0 aromatic heterocycles. The van der Waals surface area contributed by atoms with Crippen LogP contribution in [0.2, 0.25) is 0 Å². The molecule has 3 N–H and O–H groups in total. The Morgan fingerprint density at radius 2 is 1.78 bits per heavy atom. The summed E-state index contributed by atoms with van der Waals surface area (Å²) in [6.45, 7) is 5.27. The van der Waals surface area contributed by atoms with Gasteiger partial charge in [0.15, 0.2) is 0 Å². The number of hydrogen-bond acceptors (Lipinski definition) is 3. The van der Waals surface area contributed by atoms with Gasteiger partial charge in [0.25, 0.3) is 5.91 Å². The van der Waals surface area contributed by atoms with E-state index >= 15 is 0 Å². The Bertz CT molecular complexity index is 460. The third-order valence-corrected chi connectivity index (χ3v) is 2.70. The minimum Gasteiger partial charge on any atom is -0.496 e. The molecule has 0 spiro atoms. The molecule has 18 heavy (non-hydrogen) atoms. The zero-order valence-electron chi connectivity index (χ0n) is 11.0. The molecule has 1 aromatic rings. The smallest absolute Gasteiger partial charge is 0.251 e. The van der Waals surface area contributed by atoms with Gasteiger partial charge in [-0.05, 0) is 44.0 Å². The number of hydrogen-bond donors (Lipinski definition) is 2. The second-order valence-corrected chi connectivity index (χ2v) is 4.24. The fourth-order valence-corrected chi connectivity index (χ4v) is 1.75. The van der Waals surface area contributed by atoms with Crippen LogP contribution < -0.4 is 15.8 Å². The van der Waals surface area contributed by atoms with Crippen LogP contribution in [0.25, 0.3) is 0 Å². The van der Waals surface area contributed by atoms with E-state index in [1.165, 1.54) is 0 Å². The van der Waals surface area contributed by atoms with Crippen LogP contribution in [0.3, 0.4) is 0 Å². The molecule has 0 unspecified atom stereocenters. The van der Waals surface area contributed by atoms with Gasteiger partial charge < -0.3 is 15.8 Å². The zero-order chi connectivity index (χ0) is 13.9. The van der Waals surface area contributed by atoms with Crippen molar-refractivity contribution in [3.05, 3.63) is 28.8 Å². The van der Waals surface area contributed by atoms with Crippen LogP contribution >= 0.6 is 0 Å². The lowest BCUT2D eigenvalue weighted by Gasteiger charge is -2.13. The Hall–Kier alpha value is -2.04.